The van der Waals surface area contributed by atoms with Crippen molar-refractivity contribution in [1.29, 1.82) is 0 Å². The van der Waals surface area contributed by atoms with Gasteiger partial charge in [0, 0.05) is 5.25 Å². The van der Waals surface area contributed by atoms with Crippen LogP contribution in [0, 0.1) is 0 Å². The van der Waals surface area contributed by atoms with Gasteiger partial charge < -0.3 is 5.11 Å². The van der Waals surface area contributed by atoms with E-state index in [0.717, 1.165) is 0 Å². The van der Waals surface area contributed by atoms with Crippen LogP contribution in [0.15, 0.2) is 0 Å². The van der Waals surface area contributed by atoms with E-state index < -0.39 is 5.97 Å². The minimum absolute atomic E-state index is 0.264. The zero-order valence-corrected chi connectivity index (χ0v) is 17.3. The molecule has 0 aliphatic rings. The highest BCUT2D eigenvalue weighted by Crippen LogP contribution is 2.27. The molecule has 0 aliphatic heterocycles. The minimum Gasteiger partial charge on any atom is -0.480 e. The van der Waals surface area contributed by atoms with E-state index in [9.17, 15) is 4.79 Å². The number of carbonyl (C=O) groups is 1. The molecule has 0 aliphatic carbocycles. The molecule has 2 nitrogen and oxygen atoms in total. The molecule has 0 aromatic carbocycles. The summed E-state index contributed by atoms with van der Waals surface area (Å²) in [6, 6.07) is 0. The molecule has 0 saturated heterocycles. The maximum Gasteiger partial charge on any atom is 0.316 e. The lowest BCUT2D eigenvalue weighted by Gasteiger charge is -2.18. The van der Waals surface area contributed by atoms with Gasteiger partial charge in [-0.1, -0.05) is 97.3 Å². The van der Waals surface area contributed by atoms with E-state index >= 15 is 0 Å². The first-order valence-corrected chi connectivity index (χ1v) is 11.4. The molecule has 144 valence electrons. The number of unbranched alkanes of at least 4 members (excludes halogenated alkanes) is 11. The van der Waals surface area contributed by atoms with Crippen molar-refractivity contribution in [1.82, 2.24) is 0 Å². The summed E-state index contributed by atoms with van der Waals surface area (Å²) < 4.78 is 0. The number of thioether (sulfide) groups is 1. The van der Waals surface area contributed by atoms with Crippen LogP contribution in [0.1, 0.15) is 117 Å². The van der Waals surface area contributed by atoms with Gasteiger partial charge in [0.1, 0.15) is 0 Å². The van der Waals surface area contributed by atoms with E-state index in [4.69, 9.17) is 5.11 Å². The molecule has 0 rings (SSSR count). The van der Waals surface area contributed by atoms with Gasteiger partial charge in [-0.2, -0.15) is 0 Å². The highest BCUT2D eigenvalue weighted by molar-refractivity contribution is 8.01. The van der Waals surface area contributed by atoms with Gasteiger partial charge >= 0.3 is 5.97 Å². The summed E-state index contributed by atoms with van der Waals surface area (Å²) >= 11 is 1.68. The van der Waals surface area contributed by atoms with Crippen molar-refractivity contribution in [3.63, 3.8) is 0 Å². The lowest BCUT2D eigenvalue weighted by Crippen LogP contribution is -2.17. The van der Waals surface area contributed by atoms with Gasteiger partial charge in [0.25, 0.3) is 0 Å². The van der Waals surface area contributed by atoms with Crippen molar-refractivity contribution in [2.75, 3.05) is 0 Å². The number of carboxylic acid groups (broad SMARTS) is 1. The average Bonchev–Trinajstić information content (AvgIpc) is 2.56. The Labute approximate surface area is 155 Å². The van der Waals surface area contributed by atoms with E-state index in [0.29, 0.717) is 5.25 Å². The second-order valence-corrected chi connectivity index (χ2v) is 8.85. The van der Waals surface area contributed by atoms with Crippen LogP contribution in [0.4, 0.5) is 0 Å². The number of aliphatic carboxylic acids is 1. The largest absolute Gasteiger partial charge is 0.480 e. The molecule has 0 amide bonds. The predicted molar refractivity (Wildman–Crippen MR) is 109 cm³/mol. The molecule has 3 heteroatoms. The number of hydrogen-bond donors (Lipinski definition) is 1. The van der Waals surface area contributed by atoms with Crippen molar-refractivity contribution >= 4 is 17.7 Å². The van der Waals surface area contributed by atoms with Gasteiger partial charge in [-0.25, -0.2) is 0 Å². The van der Waals surface area contributed by atoms with Crippen LogP contribution in [0.2, 0.25) is 0 Å². The van der Waals surface area contributed by atoms with E-state index in [1.807, 2.05) is 6.92 Å². The van der Waals surface area contributed by atoms with Gasteiger partial charge in [-0.15, -0.1) is 11.8 Å². The fourth-order valence-corrected chi connectivity index (χ4v) is 4.41. The van der Waals surface area contributed by atoms with Crippen molar-refractivity contribution in [2.45, 2.75) is 128 Å². The Kier molecular flexibility index (Phi) is 17.5. The van der Waals surface area contributed by atoms with Crippen LogP contribution in [-0.4, -0.2) is 21.6 Å². The third-order valence-corrected chi connectivity index (χ3v) is 6.22. The topological polar surface area (TPSA) is 37.3 Å². The maximum atomic E-state index is 11.1. The lowest BCUT2D eigenvalue weighted by molar-refractivity contribution is -0.136. The number of carboxylic acids is 1. The molecule has 0 bridgehead atoms. The molecule has 0 aromatic heterocycles. The summed E-state index contributed by atoms with van der Waals surface area (Å²) in [4.78, 5) is 11.1. The molecular formula is C21H42O2S. The normalized spacial score (nSPS) is 13.8. The molecule has 0 radical (unpaired) electrons. The van der Waals surface area contributed by atoms with E-state index in [1.165, 1.54) is 96.3 Å². The van der Waals surface area contributed by atoms with Crippen LogP contribution < -0.4 is 0 Å². The number of hydrogen-bond acceptors (Lipinski definition) is 2. The highest BCUT2D eigenvalue weighted by atomic mass is 32.2. The Hall–Kier alpha value is -0.180. The molecule has 2 unspecified atom stereocenters. The van der Waals surface area contributed by atoms with E-state index in [2.05, 4.69) is 13.8 Å². The van der Waals surface area contributed by atoms with Gasteiger partial charge in [0.05, 0.1) is 5.25 Å². The first-order chi connectivity index (χ1) is 11.6. The van der Waals surface area contributed by atoms with Gasteiger partial charge in [-0.3, -0.25) is 4.79 Å². The average molecular weight is 359 g/mol. The summed E-state index contributed by atoms with van der Waals surface area (Å²) in [6.45, 7) is 6.33. The lowest BCUT2D eigenvalue weighted by atomic mass is 10.0. The monoisotopic (exact) mass is 358 g/mol. The summed E-state index contributed by atoms with van der Waals surface area (Å²) in [6.07, 6.45) is 19.8. The van der Waals surface area contributed by atoms with Crippen molar-refractivity contribution in [2.24, 2.45) is 0 Å². The Morgan fingerprint density at radius 1 is 0.750 bits per heavy atom. The minimum atomic E-state index is -0.663. The fraction of sp³-hybridized carbons (Fsp3) is 0.952. The smallest absolute Gasteiger partial charge is 0.316 e. The van der Waals surface area contributed by atoms with Crippen LogP contribution >= 0.6 is 11.8 Å². The molecule has 0 fully saturated rings. The van der Waals surface area contributed by atoms with E-state index in [1.54, 1.807) is 11.8 Å². The summed E-state index contributed by atoms with van der Waals surface area (Å²) in [7, 11) is 0. The maximum absolute atomic E-state index is 11.1. The molecule has 0 heterocycles. The zero-order valence-electron chi connectivity index (χ0n) is 16.5. The molecule has 0 spiro atoms. The summed E-state index contributed by atoms with van der Waals surface area (Å²) in [5, 5.41) is 9.40. The Morgan fingerprint density at radius 3 is 1.58 bits per heavy atom. The third-order valence-electron chi connectivity index (χ3n) is 4.75. The Balaban J connectivity index is 3.70. The van der Waals surface area contributed by atoms with Crippen LogP contribution in [0.25, 0.3) is 0 Å². The predicted octanol–water partition coefficient (Wildman–Crippen LogP) is 7.45. The van der Waals surface area contributed by atoms with Crippen molar-refractivity contribution in [3.05, 3.63) is 0 Å². The quantitative estimate of drug-likeness (QED) is 0.258. The van der Waals surface area contributed by atoms with Crippen molar-refractivity contribution < 1.29 is 9.90 Å². The SMILES string of the molecule is CCCCCCCCCCCCC(CCCCC)SC(C)C(=O)O. The zero-order chi connectivity index (χ0) is 18.0. The first-order valence-electron chi connectivity index (χ1n) is 10.5. The van der Waals surface area contributed by atoms with Gasteiger partial charge in [0.15, 0.2) is 0 Å². The molecule has 0 saturated carbocycles. The van der Waals surface area contributed by atoms with Crippen molar-refractivity contribution in [3.8, 4) is 0 Å². The van der Waals surface area contributed by atoms with E-state index in [-0.39, 0.29) is 5.25 Å². The Bertz CT molecular complexity index is 281. The molecule has 0 aromatic rings. The standard InChI is InChI=1S/C21H42O2S/c1-4-6-8-9-10-11-12-13-14-16-18-20(17-15-7-5-2)24-19(3)21(22)23/h19-20H,4-18H2,1-3H3,(H,22,23). The highest BCUT2D eigenvalue weighted by Gasteiger charge is 2.18. The van der Waals surface area contributed by atoms with Gasteiger partial charge in [0.2, 0.25) is 0 Å². The molecule has 1 N–H and O–H groups in total. The molecule has 2 atom stereocenters. The van der Waals surface area contributed by atoms with Crippen LogP contribution in [-0.2, 0) is 4.79 Å². The molecule has 24 heavy (non-hydrogen) atoms. The summed E-state index contributed by atoms with van der Waals surface area (Å²) in [5.41, 5.74) is 0. The van der Waals surface area contributed by atoms with Crippen LogP contribution in [0.5, 0.6) is 0 Å². The van der Waals surface area contributed by atoms with Crippen LogP contribution in [0.3, 0.4) is 0 Å². The van der Waals surface area contributed by atoms with Gasteiger partial charge in [-0.05, 0) is 19.8 Å². The number of rotatable bonds is 18. The third kappa shape index (κ3) is 15.4. The fourth-order valence-electron chi connectivity index (χ4n) is 3.11. The second kappa shape index (κ2) is 17.6. The first kappa shape index (κ1) is 23.8. The summed E-state index contributed by atoms with van der Waals surface area (Å²) in [5.74, 6) is -0.663. The molecular weight excluding hydrogens is 316 g/mol. The second-order valence-electron chi connectivity index (χ2n) is 7.20. The Morgan fingerprint density at radius 2 is 1.12 bits per heavy atom.